The molecule has 5 rings (SSSR count). The van der Waals surface area contributed by atoms with Crippen molar-refractivity contribution in [3.8, 4) is 21.7 Å². The molecule has 1 amide bonds. The fourth-order valence-electron chi connectivity index (χ4n) is 4.70. The van der Waals surface area contributed by atoms with Crippen LogP contribution in [0.15, 0.2) is 29.9 Å². The van der Waals surface area contributed by atoms with Crippen LogP contribution in [0, 0.1) is 0 Å². The van der Waals surface area contributed by atoms with E-state index in [1.165, 1.54) is 22.5 Å². The molecule has 0 bridgehead atoms. The lowest BCUT2D eigenvalue weighted by Crippen LogP contribution is -2.36. The van der Waals surface area contributed by atoms with Crippen LogP contribution in [-0.4, -0.2) is 44.9 Å². The lowest BCUT2D eigenvalue weighted by Gasteiger charge is -2.31. The molecule has 1 atom stereocenters. The number of hydrogen-bond acceptors (Lipinski definition) is 8. The number of fused-ring (bicyclic) bond motifs is 1. The van der Waals surface area contributed by atoms with Gasteiger partial charge in [-0.25, -0.2) is 9.78 Å². The average molecular weight is 480 g/mol. The number of nitrogen functional groups attached to an aromatic ring is 1. The smallest absolute Gasteiger partial charge is 0.410 e. The van der Waals surface area contributed by atoms with Crippen molar-refractivity contribution in [2.24, 2.45) is 0 Å². The number of anilines is 1. The van der Waals surface area contributed by atoms with Gasteiger partial charge >= 0.3 is 6.09 Å². The molecule has 178 valence electrons. The number of carbonyl (C=O) groups is 1. The van der Waals surface area contributed by atoms with E-state index in [1.54, 1.807) is 11.7 Å². The van der Waals surface area contributed by atoms with Crippen molar-refractivity contribution < 1.29 is 14.3 Å². The third-order valence-electron chi connectivity index (χ3n) is 6.22. The zero-order valence-electron chi connectivity index (χ0n) is 19.7. The number of rotatable bonds is 3. The van der Waals surface area contributed by atoms with E-state index >= 15 is 0 Å². The van der Waals surface area contributed by atoms with Gasteiger partial charge in [0.2, 0.25) is 0 Å². The molecule has 2 N–H and O–H groups in total. The van der Waals surface area contributed by atoms with Crippen molar-refractivity contribution in [3.05, 3.63) is 46.6 Å². The minimum absolute atomic E-state index is 0.0466. The number of nitrogens with zero attached hydrogens (tertiary/aromatic N) is 4. The summed E-state index contributed by atoms with van der Waals surface area (Å²) in [5.41, 5.74) is 13.6. The lowest BCUT2D eigenvalue weighted by atomic mass is 9.88. The highest BCUT2D eigenvalue weighted by Crippen LogP contribution is 2.40. The second-order valence-electron chi connectivity index (χ2n) is 9.74. The molecule has 1 fully saturated rings. The van der Waals surface area contributed by atoms with Gasteiger partial charge in [0.05, 0.1) is 24.8 Å². The van der Waals surface area contributed by atoms with Crippen molar-refractivity contribution in [3.63, 3.8) is 0 Å². The summed E-state index contributed by atoms with van der Waals surface area (Å²) in [7, 11) is 0. The quantitative estimate of drug-likeness (QED) is 0.564. The molecule has 2 aliphatic heterocycles. The van der Waals surface area contributed by atoms with Crippen LogP contribution in [0.2, 0.25) is 0 Å². The van der Waals surface area contributed by atoms with E-state index in [0.717, 1.165) is 46.5 Å². The average Bonchev–Trinajstić information content (AvgIpc) is 3.50. The van der Waals surface area contributed by atoms with E-state index in [4.69, 9.17) is 15.2 Å². The molecule has 8 nitrogen and oxygen atoms in total. The summed E-state index contributed by atoms with van der Waals surface area (Å²) in [5.74, 6) is 0.430. The van der Waals surface area contributed by atoms with Crippen LogP contribution in [-0.2, 0) is 22.5 Å². The molecule has 2 aliphatic rings. The number of carbonyl (C=O) groups excluding carboxylic acids is 1. The first-order valence-electron chi connectivity index (χ1n) is 11.6. The van der Waals surface area contributed by atoms with Crippen LogP contribution < -0.4 is 5.73 Å². The standard InChI is InChI=1S/C25H29N5O3S/c1-25(2,3)33-24(31)30-7-4-5-21(30)18-10-16(9-15-6-8-32-13-20(15)18)17-11-19(22(26)27-12-17)23-29-28-14-34-23/h9-12,14,21H,4-8,13H2,1-3H3,(H2,26,27)/t21-/m0/s1. The first-order chi connectivity index (χ1) is 16.3. The summed E-state index contributed by atoms with van der Waals surface area (Å²) < 4.78 is 11.5. The van der Waals surface area contributed by atoms with Crippen molar-refractivity contribution in [2.75, 3.05) is 18.9 Å². The summed E-state index contributed by atoms with van der Waals surface area (Å²) >= 11 is 1.43. The van der Waals surface area contributed by atoms with E-state index in [2.05, 4.69) is 27.3 Å². The summed E-state index contributed by atoms with van der Waals surface area (Å²) in [6, 6.07) is 6.37. The Balaban J connectivity index is 1.57. The molecule has 0 unspecified atom stereocenters. The molecule has 1 aromatic carbocycles. The first-order valence-corrected chi connectivity index (χ1v) is 12.4. The number of hydrogen-bond donors (Lipinski definition) is 1. The number of amides is 1. The van der Waals surface area contributed by atoms with Crippen LogP contribution in [0.4, 0.5) is 10.6 Å². The van der Waals surface area contributed by atoms with Gasteiger partial charge in [0.15, 0.2) is 5.01 Å². The highest BCUT2D eigenvalue weighted by molar-refractivity contribution is 7.12. The topological polar surface area (TPSA) is 103 Å². The third kappa shape index (κ3) is 4.50. The Labute approximate surface area is 203 Å². The number of pyridine rings is 1. The van der Waals surface area contributed by atoms with Crippen LogP contribution in [0.25, 0.3) is 21.7 Å². The monoisotopic (exact) mass is 479 g/mol. The second-order valence-corrected chi connectivity index (χ2v) is 10.6. The molecule has 1 saturated heterocycles. The van der Waals surface area contributed by atoms with Crippen LogP contribution in [0.1, 0.15) is 56.3 Å². The molecule has 3 aromatic rings. The zero-order valence-corrected chi connectivity index (χ0v) is 20.5. The maximum absolute atomic E-state index is 13.0. The minimum Gasteiger partial charge on any atom is -0.444 e. The third-order valence-corrected chi connectivity index (χ3v) is 6.95. The number of likely N-dealkylation sites (tertiary alicyclic amines) is 1. The molecule has 0 spiro atoms. The Morgan fingerprint density at radius 3 is 2.88 bits per heavy atom. The molecule has 0 aliphatic carbocycles. The van der Waals surface area contributed by atoms with Gasteiger partial charge in [0.25, 0.3) is 0 Å². The van der Waals surface area contributed by atoms with Crippen LogP contribution >= 0.6 is 11.3 Å². The van der Waals surface area contributed by atoms with Crippen LogP contribution in [0.5, 0.6) is 0 Å². The molecule has 34 heavy (non-hydrogen) atoms. The van der Waals surface area contributed by atoms with E-state index in [0.29, 0.717) is 25.6 Å². The number of nitrogens with two attached hydrogens (primary N) is 1. The normalized spacial score (nSPS) is 18.1. The first kappa shape index (κ1) is 22.7. The predicted molar refractivity (Wildman–Crippen MR) is 131 cm³/mol. The Morgan fingerprint density at radius 1 is 1.26 bits per heavy atom. The second kappa shape index (κ2) is 8.96. The predicted octanol–water partition coefficient (Wildman–Crippen LogP) is 4.99. The minimum atomic E-state index is -0.536. The molecule has 9 heteroatoms. The van der Waals surface area contributed by atoms with Crippen molar-refractivity contribution in [1.29, 1.82) is 0 Å². The maximum Gasteiger partial charge on any atom is 0.410 e. The summed E-state index contributed by atoms with van der Waals surface area (Å²) in [6.07, 6.45) is 4.20. The van der Waals surface area contributed by atoms with E-state index in [-0.39, 0.29) is 12.1 Å². The van der Waals surface area contributed by atoms with Gasteiger partial charge in [0, 0.05) is 18.3 Å². The number of benzene rings is 1. The Morgan fingerprint density at radius 2 is 2.12 bits per heavy atom. The van der Waals surface area contributed by atoms with E-state index in [1.807, 2.05) is 31.7 Å². The highest BCUT2D eigenvalue weighted by atomic mass is 32.1. The Kier molecular flexibility index (Phi) is 5.99. The van der Waals surface area contributed by atoms with Gasteiger partial charge < -0.3 is 20.1 Å². The van der Waals surface area contributed by atoms with Crippen molar-refractivity contribution >= 4 is 23.2 Å². The van der Waals surface area contributed by atoms with E-state index < -0.39 is 5.60 Å². The number of ether oxygens (including phenoxy) is 2. The van der Waals surface area contributed by atoms with Crippen molar-refractivity contribution in [1.82, 2.24) is 20.1 Å². The summed E-state index contributed by atoms with van der Waals surface area (Å²) in [4.78, 5) is 19.3. The largest absolute Gasteiger partial charge is 0.444 e. The molecule has 0 radical (unpaired) electrons. The highest BCUT2D eigenvalue weighted by Gasteiger charge is 2.35. The zero-order chi connectivity index (χ0) is 23.9. The summed E-state index contributed by atoms with van der Waals surface area (Å²) in [5, 5.41) is 8.84. The fraction of sp³-hybridized carbons (Fsp3) is 0.440. The van der Waals surface area contributed by atoms with Gasteiger partial charge in [-0.2, -0.15) is 0 Å². The SMILES string of the molecule is CC(C)(C)OC(=O)N1CCC[C@H]1c1cc(-c2cnc(N)c(-c3nncs3)c2)cc2c1COCC2. The van der Waals surface area contributed by atoms with Gasteiger partial charge in [-0.3, -0.25) is 0 Å². The van der Waals surface area contributed by atoms with Gasteiger partial charge in [-0.1, -0.05) is 17.4 Å². The molecule has 0 saturated carbocycles. The molecule has 2 aromatic heterocycles. The van der Waals surface area contributed by atoms with Gasteiger partial charge in [-0.15, -0.1) is 10.2 Å². The molecular weight excluding hydrogens is 450 g/mol. The lowest BCUT2D eigenvalue weighted by molar-refractivity contribution is 0.0221. The molecule has 4 heterocycles. The van der Waals surface area contributed by atoms with Gasteiger partial charge in [0.1, 0.15) is 16.9 Å². The Hall–Kier alpha value is -3.04. The number of aromatic nitrogens is 3. The maximum atomic E-state index is 13.0. The summed E-state index contributed by atoms with van der Waals surface area (Å²) in [6.45, 7) is 7.62. The fourth-order valence-corrected chi connectivity index (χ4v) is 5.28. The van der Waals surface area contributed by atoms with Gasteiger partial charge in [-0.05, 0) is 74.4 Å². The molecular formula is C25H29N5O3S. The van der Waals surface area contributed by atoms with Crippen LogP contribution in [0.3, 0.4) is 0 Å². The van der Waals surface area contributed by atoms with E-state index in [9.17, 15) is 4.79 Å². The van der Waals surface area contributed by atoms with Crippen molar-refractivity contribution in [2.45, 2.75) is 58.3 Å². The Bertz CT molecular complexity index is 1210.